The number of thiophene rings is 1. The van der Waals surface area contributed by atoms with E-state index in [1.807, 2.05) is 35.7 Å². The number of pyridine rings is 2. The van der Waals surface area contributed by atoms with Crippen LogP contribution in [0.5, 0.6) is 0 Å². The Morgan fingerprint density at radius 1 is 0.793 bits per heavy atom. The molecule has 7 aromatic rings. The minimum atomic E-state index is -1.34. The Balaban J connectivity index is 0.000000217. The molecule has 10 rings (SSSR count). The van der Waals surface area contributed by atoms with E-state index in [9.17, 15) is 0 Å². The van der Waals surface area contributed by atoms with E-state index in [4.69, 9.17) is 4.98 Å². The van der Waals surface area contributed by atoms with Gasteiger partial charge < -0.3 is 9.97 Å². The van der Waals surface area contributed by atoms with Crippen LogP contribution in [0.25, 0.3) is 53.8 Å². The third-order valence-corrected chi connectivity index (χ3v) is 15.8. The normalized spacial score (nSPS) is 17.9. The molecule has 3 fully saturated rings. The Hall–Kier alpha value is -3.73. The summed E-state index contributed by atoms with van der Waals surface area (Å²) >= 11 is 1.89. The summed E-state index contributed by atoms with van der Waals surface area (Å²) in [5.41, 5.74) is 11.2. The van der Waals surface area contributed by atoms with Crippen LogP contribution in [0.3, 0.4) is 0 Å². The fourth-order valence-corrected chi connectivity index (χ4v) is 12.2. The molecule has 1 unspecified atom stereocenters. The van der Waals surface area contributed by atoms with Crippen LogP contribution >= 0.6 is 11.3 Å². The Labute approximate surface area is 366 Å². The first-order valence-electron chi connectivity index (χ1n) is 21.2. The molecule has 0 N–H and O–H groups in total. The molecular formula is C53H58IrN2SSi-2. The van der Waals surface area contributed by atoms with Gasteiger partial charge in [0.2, 0.25) is 0 Å². The average molecular weight is 975 g/mol. The summed E-state index contributed by atoms with van der Waals surface area (Å²) in [5.74, 6) is 3.31. The van der Waals surface area contributed by atoms with Crippen molar-refractivity contribution in [2.45, 2.75) is 104 Å². The molecule has 5 heteroatoms. The van der Waals surface area contributed by atoms with Gasteiger partial charge in [0.25, 0.3) is 0 Å². The van der Waals surface area contributed by atoms with Crippen LogP contribution < -0.4 is 5.19 Å². The summed E-state index contributed by atoms with van der Waals surface area (Å²) in [6, 6.07) is 41.9. The summed E-state index contributed by atoms with van der Waals surface area (Å²) in [7, 11) is -1.34. The van der Waals surface area contributed by atoms with Gasteiger partial charge in [0, 0.05) is 37.2 Å². The van der Waals surface area contributed by atoms with E-state index in [-0.39, 0.29) is 25.5 Å². The SMILES string of the molecule is CC(C)(C)c1cc(-c2ccccc2)c2sc3c[c-]c(-c4cc(CC5CC6CCC5CC6)ccn4)cc3c2c1.CC(C)c1cc(-c2[c-]cccc2)ncc1[Si](C)(C)C.[Ir]. The van der Waals surface area contributed by atoms with Gasteiger partial charge in [-0.2, -0.15) is 11.3 Å². The number of rotatable bonds is 7. The Morgan fingerprint density at radius 2 is 1.53 bits per heavy atom. The zero-order valence-electron chi connectivity index (χ0n) is 35.6. The molecule has 2 bridgehead atoms. The molecule has 58 heavy (non-hydrogen) atoms. The van der Waals surface area contributed by atoms with Crippen molar-refractivity contribution in [2.24, 2.45) is 17.8 Å². The Morgan fingerprint density at radius 3 is 2.19 bits per heavy atom. The number of hydrogen-bond donors (Lipinski definition) is 0. The van der Waals surface area contributed by atoms with Gasteiger partial charge in [-0.25, -0.2) is 0 Å². The third-order valence-electron chi connectivity index (χ3n) is 12.6. The summed E-state index contributed by atoms with van der Waals surface area (Å²) in [6.45, 7) is 18.6. The van der Waals surface area contributed by atoms with Gasteiger partial charge in [0.1, 0.15) is 0 Å². The molecule has 0 spiro atoms. The van der Waals surface area contributed by atoms with Gasteiger partial charge in [0.05, 0.1) is 8.07 Å². The maximum absolute atomic E-state index is 4.82. The van der Waals surface area contributed by atoms with Crippen molar-refractivity contribution in [2.75, 3.05) is 0 Å². The van der Waals surface area contributed by atoms with Crippen molar-refractivity contribution in [3.05, 3.63) is 138 Å². The monoisotopic (exact) mass is 975 g/mol. The molecule has 301 valence electrons. The summed E-state index contributed by atoms with van der Waals surface area (Å²) < 4.78 is 2.65. The van der Waals surface area contributed by atoms with Crippen molar-refractivity contribution in [3.63, 3.8) is 0 Å². The molecule has 1 radical (unpaired) electrons. The van der Waals surface area contributed by atoms with Crippen LogP contribution in [-0.4, -0.2) is 18.0 Å². The second-order valence-corrected chi connectivity index (χ2v) is 25.2. The molecule has 0 amide bonds. The molecule has 4 aromatic carbocycles. The van der Waals surface area contributed by atoms with Gasteiger partial charge in [-0.15, -0.1) is 59.7 Å². The van der Waals surface area contributed by atoms with Crippen LogP contribution in [0, 0.1) is 29.9 Å². The van der Waals surface area contributed by atoms with Gasteiger partial charge in [-0.1, -0.05) is 132 Å². The largest absolute Gasteiger partial charge is 0.305 e. The first-order valence-corrected chi connectivity index (χ1v) is 25.5. The van der Waals surface area contributed by atoms with E-state index in [0.29, 0.717) is 5.92 Å². The van der Waals surface area contributed by atoms with Crippen molar-refractivity contribution in [1.82, 2.24) is 9.97 Å². The molecule has 1 atom stereocenters. The minimum Gasteiger partial charge on any atom is -0.305 e. The van der Waals surface area contributed by atoms with Crippen molar-refractivity contribution in [3.8, 4) is 33.6 Å². The molecule has 0 aliphatic heterocycles. The van der Waals surface area contributed by atoms with Crippen LogP contribution in [0.15, 0.2) is 109 Å². The van der Waals surface area contributed by atoms with Crippen LogP contribution in [-0.2, 0) is 31.9 Å². The first kappa shape index (κ1) is 42.4. The van der Waals surface area contributed by atoms with Crippen molar-refractivity contribution >= 4 is 44.8 Å². The summed E-state index contributed by atoms with van der Waals surface area (Å²) in [6.07, 6.45) is 12.6. The van der Waals surface area contributed by atoms with Gasteiger partial charge in [-0.05, 0) is 110 Å². The summed E-state index contributed by atoms with van der Waals surface area (Å²) in [5, 5.41) is 4.14. The Kier molecular flexibility index (Phi) is 12.8. The molecule has 3 aliphatic rings. The quantitative estimate of drug-likeness (QED) is 0.117. The van der Waals surface area contributed by atoms with E-state index in [2.05, 4.69) is 156 Å². The summed E-state index contributed by atoms with van der Waals surface area (Å²) in [4.78, 5) is 9.48. The second kappa shape index (κ2) is 17.5. The molecule has 3 saturated carbocycles. The molecule has 3 heterocycles. The maximum Gasteiger partial charge on any atom is 0.0799 e. The topological polar surface area (TPSA) is 25.8 Å². The van der Waals surface area contributed by atoms with E-state index >= 15 is 0 Å². The van der Waals surface area contributed by atoms with E-state index in [1.165, 1.54) is 91.7 Å². The molecule has 3 aromatic heterocycles. The molecule has 3 aliphatic carbocycles. The van der Waals surface area contributed by atoms with E-state index in [0.717, 1.165) is 40.3 Å². The standard InChI is InChI=1S/C36H36NS.C17H22NSi.Ir/c1-36(2,3)29-21-30(26-7-5-4-6-8-26)35-32(22-29)31-20-27(13-14-34(31)38-35)33-19-24(15-16-37-33)18-28-17-23-9-11-25(28)12-10-23;1-13(2)15-11-16(14-9-7-6-8-10-14)18-12-17(15)19(3,4)5;/h4-8,14-16,19-23,25,28H,9-12,17-18H2,1-3H3;6-9,11-13H,1-5H3;/q2*-1;. The zero-order valence-corrected chi connectivity index (χ0v) is 39.8. The van der Waals surface area contributed by atoms with Crippen molar-refractivity contribution < 1.29 is 20.1 Å². The fraction of sp³-hybridized carbons (Fsp3) is 0.358. The number of aromatic nitrogens is 2. The van der Waals surface area contributed by atoms with Gasteiger partial charge >= 0.3 is 0 Å². The second-order valence-electron chi connectivity index (χ2n) is 19.1. The van der Waals surface area contributed by atoms with E-state index < -0.39 is 8.07 Å². The van der Waals surface area contributed by atoms with Crippen LogP contribution in [0.1, 0.15) is 89.3 Å². The molecule has 0 saturated heterocycles. The van der Waals surface area contributed by atoms with Gasteiger partial charge in [0.15, 0.2) is 0 Å². The Bertz CT molecular complexity index is 2480. The number of fused-ring (bicyclic) bond motifs is 6. The maximum atomic E-state index is 4.82. The predicted octanol–water partition coefficient (Wildman–Crippen LogP) is 14.5. The third kappa shape index (κ3) is 9.19. The van der Waals surface area contributed by atoms with E-state index in [1.54, 1.807) is 0 Å². The molecular weight excluding hydrogens is 917 g/mol. The van der Waals surface area contributed by atoms with Gasteiger partial charge in [-0.3, -0.25) is 0 Å². The predicted molar refractivity (Wildman–Crippen MR) is 248 cm³/mol. The number of benzene rings is 4. The minimum absolute atomic E-state index is 0. The number of nitrogens with zero attached hydrogens (tertiary/aromatic N) is 2. The number of hydrogen-bond acceptors (Lipinski definition) is 3. The first-order chi connectivity index (χ1) is 27.3. The van der Waals surface area contributed by atoms with Crippen LogP contribution in [0.4, 0.5) is 0 Å². The zero-order chi connectivity index (χ0) is 39.9. The van der Waals surface area contributed by atoms with Crippen molar-refractivity contribution in [1.29, 1.82) is 0 Å². The molecule has 2 nitrogen and oxygen atoms in total. The smallest absolute Gasteiger partial charge is 0.0799 e. The average Bonchev–Trinajstić information content (AvgIpc) is 3.59. The van der Waals surface area contributed by atoms with Crippen LogP contribution in [0.2, 0.25) is 19.6 Å². The fourth-order valence-electron chi connectivity index (χ4n) is 9.33.